The minimum absolute atomic E-state index is 0.0553. The van der Waals surface area contributed by atoms with Gasteiger partial charge in [-0.3, -0.25) is 25.1 Å². The molecule has 2 aliphatic carbocycles. The molecule has 1 saturated heterocycles. The summed E-state index contributed by atoms with van der Waals surface area (Å²) in [6.45, 7) is 0. The van der Waals surface area contributed by atoms with Gasteiger partial charge in [-0.25, -0.2) is 5.01 Å². The van der Waals surface area contributed by atoms with Crippen molar-refractivity contribution in [3.8, 4) is 0 Å². The third kappa shape index (κ3) is 1.68. The van der Waals surface area contributed by atoms with Crippen molar-refractivity contribution in [2.75, 3.05) is 5.01 Å². The van der Waals surface area contributed by atoms with Crippen molar-refractivity contribution in [2.24, 2.45) is 23.7 Å². The van der Waals surface area contributed by atoms with Crippen LogP contribution in [0.4, 0.5) is 11.4 Å². The smallest absolute Gasteiger partial charge is 0.269 e. The molecule has 2 fully saturated rings. The zero-order valence-electron chi connectivity index (χ0n) is 11.5. The second kappa shape index (κ2) is 4.40. The lowest BCUT2D eigenvalue weighted by Crippen LogP contribution is -2.60. The van der Waals surface area contributed by atoms with E-state index in [2.05, 4.69) is 5.43 Å². The topological polar surface area (TPSA) is 92.6 Å². The van der Waals surface area contributed by atoms with Crippen LogP contribution in [0.2, 0.25) is 0 Å². The summed E-state index contributed by atoms with van der Waals surface area (Å²) in [4.78, 5) is 35.2. The van der Waals surface area contributed by atoms with Crippen LogP contribution in [0.3, 0.4) is 0 Å². The summed E-state index contributed by atoms with van der Waals surface area (Å²) in [7, 11) is 0. The van der Waals surface area contributed by atoms with E-state index in [1.165, 1.54) is 29.3 Å². The number of carbonyl (C=O) groups excluding carboxylic acids is 2. The molecular weight excluding hydrogens is 286 g/mol. The summed E-state index contributed by atoms with van der Waals surface area (Å²) in [5.41, 5.74) is 3.01. The number of allylic oxidation sites excluding steroid dienone is 2. The van der Waals surface area contributed by atoms with E-state index in [4.69, 9.17) is 0 Å². The molecule has 1 heterocycles. The van der Waals surface area contributed by atoms with Crippen LogP contribution in [-0.2, 0) is 9.59 Å². The van der Waals surface area contributed by atoms with E-state index < -0.39 is 4.92 Å². The molecule has 2 bridgehead atoms. The highest BCUT2D eigenvalue weighted by Gasteiger charge is 2.55. The fourth-order valence-electron chi connectivity index (χ4n) is 3.82. The van der Waals surface area contributed by atoms with Crippen molar-refractivity contribution in [3.63, 3.8) is 0 Å². The molecule has 0 radical (unpaired) electrons. The van der Waals surface area contributed by atoms with Crippen LogP contribution in [0, 0.1) is 33.8 Å². The summed E-state index contributed by atoms with van der Waals surface area (Å²) in [5.74, 6) is -0.627. The van der Waals surface area contributed by atoms with Crippen LogP contribution in [-0.4, -0.2) is 16.7 Å². The lowest BCUT2D eigenvalue weighted by atomic mass is 9.80. The molecule has 112 valence electrons. The van der Waals surface area contributed by atoms with E-state index in [1.54, 1.807) is 0 Å². The third-order valence-electron chi connectivity index (χ3n) is 4.81. The third-order valence-corrected chi connectivity index (χ3v) is 4.81. The number of rotatable bonds is 2. The average molecular weight is 299 g/mol. The molecule has 4 atom stereocenters. The second-order valence-electron chi connectivity index (χ2n) is 5.92. The zero-order valence-corrected chi connectivity index (χ0v) is 11.5. The molecule has 3 aliphatic rings. The monoisotopic (exact) mass is 299 g/mol. The average Bonchev–Trinajstić information content (AvgIpc) is 3.12. The summed E-state index contributed by atoms with van der Waals surface area (Å²) in [6.07, 6.45) is 4.90. The maximum Gasteiger partial charge on any atom is 0.269 e. The van der Waals surface area contributed by atoms with Crippen LogP contribution in [0.15, 0.2) is 36.4 Å². The molecule has 7 nitrogen and oxygen atoms in total. The summed E-state index contributed by atoms with van der Waals surface area (Å²) in [5, 5.41) is 11.9. The Labute approximate surface area is 125 Å². The molecule has 0 aromatic heterocycles. The van der Waals surface area contributed by atoms with Gasteiger partial charge in [0.2, 0.25) is 11.8 Å². The van der Waals surface area contributed by atoms with E-state index in [9.17, 15) is 19.7 Å². The zero-order chi connectivity index (χ0) is 15.4. The van der Waals surface area contributed by atoms with Gasteiger partial charge in [0.15, 0.2) is 0 Å². The fourth-order valence-corrected chi connectivity index (χ4v) is 3.82. The number of benzene rings is 1. The lowest BCUT2D eigenvalue weighted by Gasteiger charge is -2.37. The van der Waals surface area contributed by atoms with Gasteiger partial charge in [-0.05, 0) is 30.4 Å². The summed E-state index contributed by atoms with van der Waals surface area (Å²) >= 11 is 0. The molecule has 4 rings (SSSR count). The number of fused-ring (bicyclic) bond motifs is 5. The van der Waals surface area contributed by atoms with Crippen molar-refractivity contribution in [2.45, 2.75) is 6.42 Å². The molecule has 2 amide bonds. The lowest BCUT2D eigenvalue weighted by molar-refractivity contribution is -0.384. The normalized spacial score (nSPS) is 32.1. The van der Waals surface area contributed by atoms with E-state index in [-0.39, 0.29) is 41.2 Å². The van der Waals surface area contributed by atoms with Crippen molar-refractivity contribution >= 4 is 23.2 Å². The first-order valence-electron chi connectivity index (χ1n) is 7.13. The van der Waals surface area contributed by atoms with Crippen molar-refractivity contribution in [1.82, 2.24) is 5.43 Å². The number of hydrogen-bond acceptors (Lipinski definition) is 4. The maximum absolute atomic E-state index is 12.7. The van der Waals surface area contributed by atoms with E-state index in [1.807, 2.05) is 12.2 Å². The van der Waals surface area contributed by atoms with Crippen LogP contribution in [0.1, 0.15) is 6.42 Å². The Morgan fingerprint density at radius 3 is 2.36 bits per heavy atom. The van der Waals surface area contributed by atoms with Gasteiger partial charge in [0.1, 0.15) is 0 Å². The van der Waals surface area contributed by atoms with Gasteiger partial charge in [0, 0.05) is 12.1 Å². The van der Waals surface area contributed by atoms with Gasteiger partial charge in [-0.15, -0.1) is 0 Å². The molecule has 1 N–H and O–H groups in total. The van der Waals surface area contributed by atoms with Gasteiger partial charge >= 0.3 is 0 Å². The highest BCUT2D eigenvalue weighted by atomic mass is 16.6. The molecule has 1 aromatic carbocycles. The first-order valence-corrected chi connectivity index (χ1v) is 7.13. The van der Waals surface area contributed by atoms with Gasteiger partial charge < -0.3 is 0 Å². The Balaban J connectivity index is 1.66. The number of nitro benzene ring substituents is 1. The largest absolute Gasteiger partial charge is 0.273 e. The number of nitrogens with one attached hydrogen (secondary N) is 1. The molecule has 22 heavy (non-hydrogen) atoms. The van der Waals surface area contributed by atoms with Crippen molar-refractivity contribution < 1.29 is 14.5 Å². The molecule has 0 spiro atoms. The highest BCUT2D eigenvalue weighted by molar-refractivity contribution is 6.05. The molecule has 1 aromatic rings. The van der Waals surface area contributed by atoms with Crippen LogP contribution >= 0.6 is 0 Å². The van der Waals surface area contributed by atoms with Crippen LogP contribution < -0.4 is 10.4 Å². The molecule has 0 unspecified atom stereocenters. The minimum Gasteiger partial charge on any atom is -0.273 e. The van der Waals surface area contributed by atoms with Crippen LogP contribution in [0.5, 0.6) is 0 Å². The van der Waals surface area contributed by atoms with E-state index in [0.29, 0.717) is 5.69 Å². The Morgan fingerprint density at radius 2 is 1.73 bits per heavy atom. The SMILES string of the molecule is O=C1NN(c2ccc([N+](=O)[O-])cc2)C(=O)[C@@H]2[C@H]1[C@H]1C=C[C@@H]2C1. The summed E-state index contributed by atoms with van der Waals surface area (Å²) < 4.78 is 0. The molecule has 1 aliphatic heterocycles. The number of hydrazine groups is 1. The summed E-state index contributed by atoms with van der Waals surface area (Å²) in [6, 6.07) is 5.59. The van der Waals surface area contributed by atoms with Gasteiger partial charge in [0.05, 0.1) is 22.4 Å². The quantitative estimate of drug-likeness (QED) is 0.507. The number of amides is 2. The van der Waals surface area contributed by atoms with E-state index >= 15 is 0 Å². The Bertz CT molecular complexity index is 712. The first-order chi connectivity index (χ1) is 10.6. The Morgan fingerprint density at radius 1 is 1.09 bits per heavy atom. The number of nitrogens with zero attached hydrogens (tertiary/aromatic N) is 2. The van der Waals surface area contributed by atoms with Gasteiger partial charge in [-0.2, -0.15) is 0 Å². The van der Waals surface area contributed by atoms with Gasteiger partial charge in [0.25, 0.3) is 5.69 Å². The Kier molecular flexibility index (Phi) is 2.60. The van der Waals surface area contributed by atoms with Crippen molar-refractivity contribution in [1.29, 1.82) is 0 Å². The first kappa shape index (κ1) is 13.0. The van der Waals surface area contributed by atoms with Gasteiger partial charge in [-0.1, -0.05) is 12.2 Å². The molecule has 7 heteroatoms. The maximum atomic E-state index is 12.7. The van der Waals surface area contributed by atoms with E-state index in [0.717, 1.165) is 6.42 Å². The predicted molar refractivity (Wildman–Crippen MR) is 76.4 cm³/mol. The number of carbonyl (C=O) groups is 2. The number of anilines is 1. The van der Waals surface area contributed by atoms with Crippen LogP contribution in [0.25, 0.3) is 0 Å². The molecule has 1 saturated carbocycles. The minimum atomic E-state index is -0.503. The van der Waals surface area contributed by atoms with Crippen molar-refractivity contribution in [3.05, 3.63) is 46.5 Å². The second-order valence-corrected chi connectivity index (χ2v) is 5.92. The highest BCUT2D eigenvalue weighted by Crippen LogP contribution is 2.50. The fraction of sp³-hybridized carbons (Fsp3) is 0.333. The number of non-ortho nitro benzene ring substituents is 1. The predicted octanol–water partition coefficient (Wildman–Crippen LogP) is 1.41. The standard InChI is InChI=1S/C15H13N3O4/c19-14-12-8-1-2-9(7-8)13(12)15(20)17(16-14)10-3-5-11(6-4-10)18(21)22/h1-6,8-9,12-13H,7H2,(H,16,19)/t8-,9+,12+,13-/m0/s1. The molecular formula is C15H13N3O4. The Hall–Kier alpha value is -2.70. The number of nitro groups is 1. The number of hydrogen-bond donors (Lipinski definition) is 1.